The minimum Gasteiger partial charge on any atom is -0.497 e. The van der Waals surface area contributed by atoms with Crippen LogP contribution >= 0.6 is 0 Å². The molecule has 5 rings (SSSR count). The highest BCUT2D eigenvalue weighted by molar-refractivity contribution is 6.50. The van der Waals surface area contributed by atoms with Crippen molar-refractivity contribution in [2.45, 2.75) is 13.0 Å². The SMILES string of the molecule is COc1cc(C2=C(c3cn(CCCO)c4ccccc34)C(=O)NC2=O)c2occc2c1. The fourth-order valence-electron chi connectivity index (χ4n) is 4.20. The van der Waals surface area contributed by atoms with E-state index in [-0.39, 0.29) is 12.2 Å². The lowest BCUT2D eigenvalue weighted by atomic mass is 9.95. The molecule has 0 saturated carbocycles. The number of nitrogens with zero attached hydrogens (tertiary/aromatic N) is 1. The molecule has 3 heterocycles. The number of aliphatic hydroxyl groups is 1. The average Bonchev–Trinajstić information content (AvgIpc) is 3.46. The Morgan fingerprint density at radius 3 is 2.61 bits per heavy atom. The molecule has 4 aromatic rings. The number of nitrogens with one attached hydrogen (secondary N) is 1. The summed E-state index contributed by atoms with van der Waals surface area (Å²) < 4.78 is 13.1. The van der Waals surface area contributed by atoms with Crippen LogP contribution in [0.5, 0.6) is 5.75 Å². The molecule has 2 aromatic heterocycles. The Labute approximate surface area is 177 Å². The van der Waals surface area contributed by atoms with Crippen molar-refractivity contribution in [2.75, 3.05) is 13.7 Å². The van der Waals surface area contributed by atoms with Gasteiger partial charge in [-0.3, -0.25) is 14.9 Å². The third-order valence-electron chi connectivity index (χ3n) is 5.58. The third kappa shape index (κ3) is 3.02. The van der Waals surface area contributed by atoms with Gasteiger partial charge in [0.15, 0.2) is 0 Å². The molecule has 31 heavy (non-hydrogen) atoms. The number of carbonyl (C=O) groups excluding carboxylic acids is 2. The molecule has 2 aromatic carbocycles. The van der Waals surface area contributed by atoms with E-state index in [0.29, 0.717) is 41.0 Å². The number of furan rings is 1. The summed E-state index contributed by atoms with van der Waals surface area (Å²) in [7, 11) is 1.55. The maximum atomic E-state index is 13.0. The number of fused-ring (bicyclic) bond motifs is 2. The highest BCUT2D eigenvalue weighted by Crippen LogP contribution is 2.40. The van der Waals surface area contributed by atoms with Crippen LogP contribution in [0.4, 0.5) is 0 Å². The van der Waals surface area contributed by atoms with Crippen molar-refractivity contribution in [3.05, 3.63) is 66.1 Å². The summed E-state index contributed by atoms with van der Waals surface area (Å²) in [5.41, 5.74) is 3.17. The van der Waals surface area contributed by atoms with E-state index in [1.807, 2.05) is 41.1 Å². The summed E-state index contributed by atoms with van der Waals surface area (Å²) in [6.45, 7) is 0.659. The average molecular weight is 416 g/mol. The number of imide groups is 1. The Balaban J connectivity index is 1.81. The van der Waals surface area contributed by atoms with Crippen molar-refractivity contribution in [3.63, 3.8) is 0 Å². The molecule has 0 spiro atoms. The summed E-state index contributed by atoms with van der Waals surface area (Å²) in [4.78, 5) is 25.9. The zero-order valence-corrected chi connectivity index (χ0v) is 16.8. The third-order valence-corrected chi connectivity index (χ3v) is 5.58. The van der Waals surface area contributed by atoms with Gasteiger partial charge in [0.25, 0.3) is 11.8 Å². The van der Waals surface area contributed by atoms with Crippen LogP contribution in [0.2, 0.25) is 0 Å². The van der Waals surface area contributed by atoms with Crippen LogP contribution in [0.15, 0.2) is 59.3 Å². The minimum absolute atomic E-state index is 0.0645. The molecule has 0 radical (unpaired) electrons. The fraction of sp³-hybridized carbons (Fsp3) is 0.167. The van der Waals surface area contributed by atoms with E-state index in [1.165, 1.54) is 0 Å². The van der Waals surface area contributed by atoms with Gasteiger partial charge in [0.1, 0.15) is 11.3 Å². The standard InChI is InChI=1S/C24H20N2O5/c1-30-15-11-14-7-10-31-22(14)17(12-15)20-21(24(29)25-23(20)28)18-13-26(8-4-9-27)19-6-3-2-5-16(18)19/h2-3,5-7,10-13,27H,4,8-9H2,1H3,(H,25,28,29). The van der Waals surface area contributed by atoms with Crippen molar-refractivity contribution >= 4 is 44.8 Å². The van der Waals surface area contributed by atoms with E-state index in [1.54, 1.807) is 25.5 Å². The van der Waals surface area contributed by atoms with Crippen molar-refractivity contribution in [1.29, 1.82) is 0 Å². The Bertz CT molecular complexity index is 1380. The first-order valence-electron chi connectivity index (χ1n) is 9.97. The Morgan fingerprint density at radius 2 is 1.84 bits per heavy atom. The number of aryl methyl sites for hydroxylation is 1. The van der Waals surface area contributed by atoms with Crippen LogP contribution in [-0.4, -0.2) is 35.2 Å². The van der Waals surface area contributed by atoms with E-state index in [9.17, 15) is 14.7 Å². The van der Waals surface area contributed by atoms with Crippen molar-refractivity contribution in [3.8, 4) is 5.75 Å². The maximum absolute atomic E-state index is 13.0. The second-order valence-electron chi connectivity index (χ2n) is 7.38. The molecule has 2 amide bonds. The number of aromatic nitrogens is 1. The minimum atomic E-state index is -0.474. The predicted molar refractivity (Wildman–Crippen MR) is 116 cm³/mol. The lowest BCUT2D eigenvalue weighted by Gasteiger charge is -2.08. The lowest BCUT2D eigenvalue weighted by molar-refractivity contribution is -0.122. The van der Waals surface area contributed by atoms with E-state index < -0.39 is 11.8 Å². The van der Waals surface area contributed by atoms with Gasteiger partial charge in [0.2, 0.25) is 0 Å². The number of benzene rings is 2. The Morgan fingerprint density at radius 1 is 1.06 bits per heavy atom. The van der Waals surface area contributed by atoms with Crippen LogP contribution < -0.4 is 10.1 Å². The van der Waals surface area contributed by atoms with E-state index >= 15 is 0 Å². The highest BCUT2D eigenvalue weighted by Gasteiger charge is 2.35. The zero-order valence-electron chi connectivity index (χ0n) is 16.8. The molecule has 7 nitrogen and oxygen atoms in total. The first-order chi connectivity index (χ1) is 15.1. The van der Waals surface area contributed by atoms with E-state index in [2.05, 4.69) is 5.32 Å². The quantitative estimate of drug-likeness (QED) is 0.470. The molecule has 0 bridgehead atoms. The van der Waals surface area contributed by atoms with Crippen LogP contribution in [0.1, 0.15) is 17.5 Å². The molecular weight excluding hydrogens is 396 g/mol. The van der Waals surface area contributed by atoms with Gasteiger partial charge in [-0.2, -0.15) is 0 Å². The number of amides is 2. The Hall–Kier alpha value is -3.84. The Kier molecular flexibility index (Phi) is 4.60. The summed E-state index contributed by atoms with van der Waals surface area (Å²) in [5, 5.41) is 13.3. The normalized spacial score (nSPS) is 14.1. The largest absolute Gasteiger partial charge is 0.497 e. The molecule has 0 atom stereocenters. The predicted octanol–water partition coefficient (Wildman–Crippen LogP) is 3.35. The molecule has 7 heteroatoms. The first-order valence-corrected chi connectivity index (χ1v) is 9.97. The van der Waals surface area contributed by atoms with Gasteiger partial charge in [-0.1, -0.05) is 18.2 Å². The van der Waals surface area contributed by atoms with Crippen molar-refractivity contribution in [1.82, 2.24) is 9.88 Å². The highest BCUT2D eigenvalue weighted by atomic mass is 16.5. The molecule has 0 aliphatic carbocycles. The van der Waals surface area contributed by atoms with Crippen LogP contribution in [0, 0.1) is 0 Å². The van der Waals surface area contributed by atoms with Gasteiger partial charge >= 0.3 is 0 Å². The van der Waals surface area contributed by atoms with E-state index in [0.717, 1.165) is 16.3 Å². The van der Waals surface area contributed by atoms with Crippen molar-refractivity contribution in [2.24, 2.45) is 0 Å². The number of rotatable bonds is 6. The van der Waals surface area contributed by atoms with Gasteiger partial charge in [0, 0.05) is 46.8 Å². The maximum Gasteiger partial charge on any atom is 0.259 e. The van der Waals surface area contributed by atoms with E-state index in [4.69, 9.17) is 9.15 Å². The lowest BCUT2D eigenvalue weighted by Crippen LogP contribution is -2.22. The molecular formula is C24H20N2O5. The van der Waals surface area contributed by atoms with Gasteiger partial charge in [-0.15, -0.1) is 0 Å². The van der Waals surface area contributed by atoms with Crippen LogP contribution in [-0.2, 0) is 16.1 Å². The number of carbonyl (C=O) groups is 2. The molecule has 0 unspecified atom stereocenters. The number of para-hydroxylation sites is 1. The first kappa shape index (κ1) is 19.1. The number of aliphatic hydroxyl groups excluding tert-OH is 1. The number of hydrogen-bond acceptors (Lipinski definition) is 5. The molecule has 0 saturated heterocycles. The monoisotopic (exact) mass is 416 g/mol. The number of hydrogen-bond donors (Lipinski definition) is 2. The van der Waals surface area contributed by atoms with Crippen molar-refractivity contribution < 1.29 is 23.8 Å². The summed E-state index contributed by atoms with van der Waals surface area (Å²) in [6, 6.07) is 13.0. The molecule has 1 aliphatic rings. The van der Waals surface area contributed by atoms with Crippen LogP contribution in [0.25, 0.3) is 33.0 Å². The second kappa shape index (κ2) is 7.45. The van der Waals surface area contributed by atoms with Crippen LogP contribution in [0.3, 0.4) is 0 Å². The molecule has 2 N–H and O–H groups in total. The topological polar surface area (TPSA) is 93.7 Å². The van der Waals surface area contributed by atoms with Gasteiger partial charge in [-0.05, 0) is 30.7 Å². The summed E-state index contributed by atoms with van der Waals surface area (Å²) in [5.74, 6) is -0.362. The van der Waals surface area contributed by atoms with Gasteiger partial charge in [0.05, 0.1) is 24.5 Å². The fourth-order valence-corrected chi connectivity index (χ4v) is 4.20. The zero-order chi connectivity index (χ0) is 21.5. The molecule has 156 valence electrons. The molecule has 0 fully saturated rings. The summed E-state index contributed by atoms with van der Waals surface area (Å²) in [6.07, 6.45) is 3.99. The van der Waals surface area contributed by atoms with Gasteiger partial charge < -0.3 is 18.8 Å². The molecule has 1 aliphatic heterocycles. The van der Waals surface area contributed by atoms with Gasteiger partial charge in [-0.25, -0.2) is 0 Å². The number of methoxy groups -OCH3 is 1. The smallest absolute Gasteiger partial charge is 0.259 e. The summed E-state index contributed by atoms with van der Waals surface area (Å²) >= 11 is 0. The number of ether oxygens (including phenoxy) is 1. The second-order valence-corrected chi connectivity index (χ2v) is 7.38.